The number of benzene rings is 1. The third-order valence-electron chi connectivity index (χ3n) is 2.15. The van der Waals surface area contributed by atoms with Gasteiger partial charge in [0.05, 0.1) is 0 Å². The van der Waals surface area contributed by atoms with Crippen LogP contribution in [0.4, 0.5) is 5.88 Å². The molecule has 0 spiro atoms. The molecule has 0 unspecified atom stereocenters. The van der Waals surface area contributed by atoms with Gasteiger partial charge in [-0.3, -0.25) is 0 Å². The summed E-state index contributed by atoms with van der Waals surface area (Å²) in [5.74, 6) is 0.0364. The molecule has 1 aromatic heterocycles. The minimum absolute atomic E-state index is 0.0364. The molecule has 0 amide bonds. The molecule has 0 aliphatic heterocycles. The fourth-order valence-corrected chi connectivity index (χ4v) is 1.85. The van der Waals surface area contributed by atoms with Crippen LogP contribution in [0.1, 0.15) is 0 Å². The lowest BCUT2D eigenvalue weighted by Gasteiger charge is -2.00. The largest absolute Gasteiger partial charge is 0.337 e. The summed E-state index contributed by atoms with van der Waals surface area (Å²) < 4.78 is 31.6. The molecular formula is C10H10ClN3O3S. The molecule has 6 nitrogen and oxygen atoms in total. The Morgan fingerprint density at radius 1 is 1.28 bits per heavy atom. The second-order valence-corrected chi connectivity index (χ2v) is 5.45. The molecule has 0 fully saturated rings. The lowest BCUT2D eigenvalue weighted by atomic mass is 10.1. The van der Waals surface area contributed by atoms with Gasteiger partial charge in [0.1, 0.15) is 5.69 Å². The van der Waals surface area contributed by atoms with E-state index in [0.717, 1.165) is 5.56 Å². The van der Waals surface area contributed by atoms with E-state index >= 15 is 0 Å². The van der Waals surface area contributed by atoms with Crippen LogP contribution in [0.25, 0.3) is 11.3 Å². The predicted octanol–water partition coefficient (Wildman–Crippen LogP) is 1.87. The van der Waals surface area contributed by atoms with Crippen LogP contribution >= 0.6 is 11.6 Å². The van der Waals surface area contributed by atoms with Crippen molar-refractivity contribution in [2.45, 2.75) is 0 Å². The van der Waals surface area contributed by atoms with Crippen molar-refractivity contribution < 1.29 is 12.9 Å². The first kappa shape index (κ1) is 12.9. The van der Waals surface area contributed by atoms with Gasteiger partial charge in [0.15, 0.2) is 0 Å². The standard InChI is InChI=1S/C10H10ClN3O3S/c1-12-18(15,16)14-10-6-9(13-17-10)7-2-4-8(11)5-3-7/h2-6,12,14H,1H3. The maximum absolute atomic E-state index is 11.2. The van der Waals surface area contributed by atoms with Crippen LogP contribution in [0.2, 0.25) is 5.02 Å². The van der Waals surface area contributed by atoms with Gasteiger partial charge in [0.2, 0.25) is 5.88 Å². The number of aromatic nitrogens is 1. The monoisotopic (exact) mass is 287 g/mol. The summed E-state index contributed by atoms with van der Waals surface area (Å²) in [5, 5.41) is 4.37. The van der Waals surface area contributed by atoms with E-state index in [1.54, 1.807) is 24.3 Å². The van der Waals surface area contributed by atoms with Crippen LogP contribution in [0.15, 0.2) is 34.9 Å². The highest BCUT2D eigenvalue weighted by Crippen LogP contribution is 2.23. The highest BCUT2D eigenvalue weighted by molar-refractivity contribution is 7.90. The average molecular weight is 288 g/mol. The summed E-state index contributed by atoms with van der Waals surface area (Å²) in [6.07, 6.45) is 0. The second kappa shape index (κ2) is 4.97. The number of anilines is 1. The first-order chi connectivity index (χ1) is 8.50. The Balaban J connectivity index is 2.23. The van der Waals surface area contributed by atoms with Crippen molar-refractivity contribution in [3.05, 3.63) is 35.4 Å². The van der Waals surface area contributed by atoms with Crippen molar-refractivity contribution in [3.63, 3.8) is 0 Å². The molecule has 96 valence electrons. The Kier molecular flexibility index (Phi) is 3.55. The van der Waals surface area contributed by atoms with Gasteiger partial charge in [-0.2, -0.15) is 8.42 Å². The summed E-state index contributed by atoms with van der Waals surface area (Å²) in [6.45, 7) is 0. The molecule has 8 heteroatoms. The summed E-state index contributed by atoms with van der Waals surface area (Å²) in [5.41, 5.74) is 1.29. The molecule has 1 aromatic carbocycles. The Bertz CT molecular complexity index is 637. The highest BCUT2D eigenvalue weighted by atomic mass is 35.5. The van der Waals surface area contributed by atoms with Gasteiger partial charge in [-0.05, 0) is 12.1 Å². The molecule has 2 rings (SSSR count). The molecule has 0 atom stereocenters. The van der Waals surface area contributed by atoms with Gasteiger partial charge >= 0.3 is 10.2 Å². The summed E-state index contributed by atoms with van der Waals surface area (Å²) >= 11 is 5.77. The van der Waals surface area contributed by atoms with Gasteiger partial charge in [-0.15, -0.1) is 0 Å². The van der Waals surface area contributed by atoms with Crippen molar-refractivity contribution >= 4 is 27.7 Å². The maximum atomic E-state index is 11.2. The molecule has 0 saturated heterocycles. The van der Waals surface area contributed by atoms with Crippen LogP contribution in [0, 0.1) is 0 Å². The molecule has 0 bridgehead atoms. The number of nitrogens with zero attached hydrogens (tertiary/aromatic N) is 1. The van der Waals surface area contributed by atoms with Crippen molar-refractivity contribution in [1.29, 1.82) is 0 Å². The summed E-state index contributed by atoms with van der Waals surface area (Å²) in [4.78, 5) is 0. The van der Waals surface area contributed by atoms with Crippen LogP contribution in [-0.4, -0.2) is 20.6 Å². The fourth-order valence-electron chi connectivity index (χ4n) is 1.26. The Labute approximate surface area is 109 Å². The zero-order valence-electron chi connectivity index (χ0n) is 9.34. The third kappa shape index (κ3) is 3.00. The van der Waals surface area contributed by atoms with Crippen LogP contribution in [-0.2, 0) is 10.2 Å². The first-order valence-electron chi connectivity index (χ1n) is 4.94. The predicted molar refractivity (Wildman–Crippen MR) is 68.6 cm³/mol. The normalized spacial score (nSPS) is 11.4. The maximum Gasteiger partial charge on any atom is 0.301 e. The molecule has 2 N–H and O–H groups in total. The molecule has 0 aliphatic carbocycles. The van der Waals surface area contributed by atoms with E-state index in [0.29, 0.717) is 10.7 Å². The first-order valence-corrected chi connectivity index (χ1v) is 6.80. The van der Waals surface area contributed by atoms with Crippen LogP contribution in [0.3, 0.4) is 0 Å². The zero-order chi connectivity index (χ0) is 13.2. The Morgan fingerprint density at radius 3 is 2.56 bits per heavy atom. The topological polar surface area (TPSA) is 84.2 Å². The smallest absolute Gasteiger partial charge is 0.301 e. The van der Waals surface area contributed by atoms with E-state index < -0.39 is 10.2 Å². The Hall–Kier alpha value is -1.57. The molecule has 0 saturated carbocycles. The third-order valence-corrected chi connectivity index (χ3v) is 3.41. The van der Waals surface area contributed by atoms with Crippen molar-refractivity contribution in [1.82, 2.24) is 9.88 Å². The number of hydrogen-bond acceptors (Lipinski definition) is 4. The zero-order valence-corrected chi connectivity index (χ0v) is 10.9. The lowest BCUT2D eigenvalue weighted by molar-refractivity contribution is 0.438. The SMILES string of the molecule is CNS(=O)(=O)Nc1cc(-c2ccc(Cl)cc2)no1. The number of halogens is 1. The minimum atomic E-state index is -3.60. The van der Waals surface area contributed by atoms with Crippen molar-refractivity contribution in [2.24, 2.45) is 0 Å². The van der Waals surface area contributed by atoms with E-state index in [1.165, 1.54) is 13.1 Å². The van der Waals surface area contributed by atoms with E-state index in [-0.39, 0.29) is 5.88 Å². The molecule has 1 heterocycles. The lowest BCUT2D eigenvalue weighted by Crippen LogP contribution is -2.26. The molecule has 0 radical (unpaired) electrons. The van der Waals surface area contributed by atoms with Gasteiger partial charge < -0.3 is 4.52 Å². The molecular weight excluding hydrogens is 278 g/mol. The fraction of sp³-hybridized carbons (Fsp3) is 0.100. The second-order valence-electron chi connectivity index (χ2n) is 3.39. The molecule has 2 aromatic rings. The van der Waals surface area contributed by atoms with Gasteiger partial charge in [0, 0.05) is 23.7 Å². The summed E-state index contributed by atoms with van der Waals surface area (Å²) in [7, 11) is -2.31. The van der Waals surface area contributed by atoms with Crippen LogP contribution in [0.5, 0.6) is 0 Å². The highest BCUT2D eigenvalue weighted by Gasteiger charge is 2.12. The molecule has 18 heavy (non-hydrogen) atoms. The molecule has 0 aliphatic rings. The summed E-state index contributed by atoms with van der Waals surface area (Å²) in [6, 6.07) is 8.43. The van der Waals surface area contributed by atoms with E-state index in [4.69, 9.17) is 16.1 Å². The number of nitrogens with one attached hydrogen (secondary N) is 2. The minimum Gasteiger partial charge on any atom is -0.337 e. The quantitative estimate of drug-likeness (QED) is 0.899. The van der Waals surface area contributed by atoms with Gasteiger partial charge in [0.25, 0.3) is 0 Å². The van der Waals surface area contributed by atoms with Gasteiger partial charge in [-0.25, -0.2) is 9.44 Å². The van der Waals surface area contributed by atoms with Crippen LogP contribution < -0.4 is 9.44 Å². The van der Waals surface area contributed by atoms with Crippen molar-refractivity contribution in [3.8, 4) is 11.3 Å². The Morgan fingerprint density at radius 2 is 1.94 bits per heavy atom. The van der Waals surface area contributed by atoms with E-state index in [1.807, 2.05) is 0 Å². The van der Waals surface area contributed by atoms with Crippen molar-refractivity contribution in [2.75, 3.05) is 11.8 Å². The van der Waals surface area contributed by atoms with Gasteiger partial charge in [-0.1, -0.05) is 28.9 Å². The average Bonchev–Trinajstić information content (AvgIpc) is 2.78. The number of hydrogen-bond donors (Lipinski definition) is 2. The van der Waals surface area contributed by atoms with E-state index in [9.17, 15) is 8.42 Å². The number of rotatable bonds is 4. The van der Waals surface area contributed by atoms with E-state index in [2.05, 4.69) is 14.6 Å².